The lowest BCUT2D eigenvalue weighted by atomic mass is 10.1. The number of ether oxygens (including phenoxy) is 3. The summed E-state index contributed by atoms with van der Waals surface area (Å²) in [7, 11) is 0. The van der Waals surface area contributed by atoms with Crippen molar-refractivity contribution < 1.29 is 23.8 Å². The summed E-state index contributed by atoms with van der Waals surface area (Å²) >= 11 is 0. The zero-order valence-electron chi connectivity index (χ0n) is 8.76. The minimum absolute atomic E-state index is 0.0949. The van der Waals surface area contributed by atoms with Gasteiger partial charge < -0.3 is 14.2 Å². The normalized spacial score (nSPS) is 24.7. The molecule has 0 aromatic heterocycles. The maximum absolute atomic E-state index is 10.8. The van der Waals surface area contributed by atoms with Gasteiger partial charge in [0, 0.05) is 13.8 Å². The number of hydrogen-bond acceptors (Lipinski definition) is 5. The average Bonchev–Trinajstić information content (AvgIpc) is 2.15. The zero-order valence-corrected chi connectivity index (χ0v) is 8.76. The molecule has 0 saturated carbocycles. The van der Waals surface area contributed by atoms with Crippen LogP contribution < -0.4 is 0 Å². The maximum atomic E-state index is 10.8. The Morgan fingerprint density at radius 2 is 2.13 bits per heavy atom. The van der Waals surface area contributed by atoms with Crippen LogP contribution in [0.5, 0.6) is 0 Å². The van der Waals surface area contributed by atoms with E-state index in [1.165, 1.54) is 13.8 Å². The fraction of sp³-hybridized carbons (Fsp3) is 0.600. The predicted octanol–water partition coefficient (Wildman–Crippen LogP) is 0.436. The summed E-state index contributed by atoms with van der Waals surface area (Å²) in [4.78, 5) is 21.4. The average molecular weight is 214 g/mol. The smallest absolute Gasteiger partial charge is 0.303 e. The highest BCUT2D eigenvalue weighted by Gasteiger charge is 2.26. The number of hydrogen-bond donors (Lipinski definition) is 0. The summed E-state index contributed by atoms with van der Waals surface area (Å²) in [6.07, 6.45) is 2.61. The van der Waals surface area contributed by atoms with Gasteiger partial charge in [0.1, 0.15) is 18.8 Å². The van der Waals surface area contributed by atoms with Gasteiger partial charge in [-0.3, -0.25) is 9.59 Å². The van der Waals surface area contributed by atoms with Gasteiger partial charge in [-0.05, 0) is 6.08 Å². The second-order valence-electron chi connectivity index (χ2n) is 3.18. The molecule has 1 aliphatic rings. The van der Waals surface area contributed by atoms with Crippen molar-refractivity contribution in [3.05, 3.63) is 12.2 Å². The molecular weight excluding hydrogens is 200 g/mol. The van der Waals surface area contributed by atoms with Crippen LogP contribution in [0.15, 0.2) is 12.2 Å². The van der Waals surface area contributed by atoms with Gasteiger partial charge in [-0.1, -0.05) is 6.08 Å². The molecule has 2 atom stereocenters. The highest BCUT2D eigenvalue weighted by molar-refractivity contribution is 5.66. The van der Waals surface area contributed by atoms with E-state index in [4.69, 9.17) is 14.2 Å². The second kappa shape index (κ2) is 5.50. The number of rotatable bonds is 3. The van der Waals surface area contributed by atoms with Gasteiger partial charge >= 0.3 is 11.9 Å². The molecule has 0 aromatic carbocycles. The van der Waals surface area contributed by atoms with Gasteiger partial charge in [-0.2, -0.15) is 0 Å². The van der Waals surface area contributed by atoms with E-state index in [0.717, 1.165) is 0 Å². The lowest BCUT2D eigenvalue weighted by Gasteiger charge is -2.26. The molecule has 0 amide bonds. The Bertz CT molecular complexity index is 271. The Balaban J connectivity index is 2.48. The topological polar surface area (TPSA) is 61.8 Å². The molecule has 1 heterocycles. The summed E-state index contributed by atoms with van der Waals surface area (Å²) in [5.41, 5.74) is 0. The Hall–Kier alpha value is -1.36. The summed E-state index contributed by atoms with van der Waals surface area (Å²) in [5, 5.41) is 0. The highest BCUT2D eigenvalue weighted by Crippen LogP contribution is 2.12. The SMILES string of the molecule is CC(=O)OCC1OCC=C[C@H]1OC(C)=O. The van der Waals surface area contributed by atoms with Crippen molar-refractivity contribution in [2.75, 3.05) is 13.2 Å². The Morgan fingerprint density at radius 1 is 1.40 bits per heavy atom. The molecule has 0 spiro atoms. The van der Waals surface area contributed by atoms with Crippen molar-refractivity contribution in [2.45, 2.75) is 26.1 Å². The van der Waals surface area contributed by atoms with Crippen LogP contribution in [0, 0.1) is 0 Å². The molecule has 0 saturated heterocycles. The van der Waals surface area contributed by atoms with E-state index < -0.39 is 12.2 Å². The lowest BCUT2D eigenvalue weighted by Crippen LogP contribution is -2.38. The third-order valence-electron chi connectivity index (χ3n) is 1.85. The number of carbonyl (C=O) groups is 2. The molecule has 5 nitrogen and oxygen atoms in total. The fourth-order valence-corrected chi connectivity index (χ4v) is 1.24. The molecule has 0 N–H and O–H groups in total. The van der Waals surface area contributed by atoms with Crippen molar-refractivity contribution in [1.82, 2.24) is 0 Å². The van der Waals surface area contributed by atoms with Gasteiger partial charge in [0.05, 0.1) is 6.61 Å². The van der Waals surface area contributed by atoms with E-state index in [0.29, 0.717) is 6.61 Å². The van der Waals surface area contributed by atoms with Gasteiger partial charge in [-0.25, -0.2) is 0 Å². The Morgan fingerprint density at radius 3 is 2.73 bits per heavy atom. The molecule has 5 heteroatoms. The zero-order chi connectivity index (χ0) is 11.3. The largest absolute Gasteiger partial charge is 0.463 e. The first-order valence-corrected chi connectivity index (χ1v) is 4.68. The van der Waals surface area contributed by atoms with E-state index in [9.17, 15) is 9.59 Å². The number of esters is 2. The second-order valence-corrected chi connectivity index (χ2v) is 3.18. The molecule has 0 bridgehead atoms. The first kappa shape index (κ1) is 11.7. The standard InChI is InChI=1S/C10H14O5/c1-7(11)14-6-10-9(15-8(2)12)4-3-5-13-10/h3-4,9-10H,5-6H2,1-2H3/t9-,10?/m1/s1. The van der Waals surface area contributed by atoms with E-state index in [1.807, 2.05) is 0 Å². The maximum Gasteiger partial charge on any atom is 0.303 e. The molecule has 84 valence electrons. The van der Waals surface area contributed by atoms with E-state index in [-0.39, 0.29) is 18.5 Å². The van der Waals surface area contributed by atoms with E-state index in [2.05, 4.69) is 0 Å². The van der Waals surface area contributed by atoms with Gasteiger partial charge in [-0.15, -0.1) is 0 Å². The minimum atomic E-state index is -0.476. The third-order valence-corrected chi connectivity index (χ3v) is 1.85. The van der Waals surface area contributed by atoms with Crippen molar-refractivity contribution >= 4 is 11.9 Å². The van der Waals surface area contributed by atoms with Gasteiger partial charge in [0.15, 0.2) is 0 Å². The summed E-state index contributed by atoms with van der Waals surface area (Å²) in [6.45, 7) is 3.17. The highest BCUT2D eigenvalue weighted by atomic mass is 16.6. The lowest BCUT2D eigenvalue weighted by molar-refractivity contribution is -0.158. The van der Waals surface area contributed by atoms with Crippen LogP contribution in [-0.4, -0.2) is 37.4 Å². The molecule has 0 aliphatic carbocycles. The van der Waals surface area contributed by atoms with Crippen LogP contribution in [0.4, 0.5) is 0 Å². The fourth-order valence-electron chi connectivity index (χ4n) is 1.24. The first-order chi connectivity index (χ1) is 7.09. The molecule has 0 radical (unpaired) electrons. The predicted molar refractivity (Wildman–Crippen MR) is 51.1 cm³/mol. The summed E-state index contributed by atoms with van der Waals surface area (Å²) in [5.74, 6) is -0.766. The third kappa shape index (κ3) is 4.12. The van der Waals surface area contributed by atoms with Crippen molar-refractivity contribution in [2.24, 2.45) is 0 Å². The monoisotopic (exact) mass is 214 g/mol. The Labute approximate surface area is 88.0 Å². The van der Waals surface area contributed by atoms with Crippen LogP contribution in [0.3, 0.4) is 0 Å². The van der Waals surface area contributed by atoms with Crippen LogP contribution in [-0.2, 0) is 23.8 Å². The molecular formula is C10H14O5. The molecule has 1 rings (SSSR count). The molecule has 0 fully saturated rings. The first-order valence-electron chi connectivity index (χ1n) is 4.68. The van der Waals surface area contributed by atoms with Gasteiger partial charge in [0.25, 0.3) is 0 Å². The van der Waals surface area contributed by atoms with Crippen molar-refractivity contribution in [3.63, 3.8) is 0 Å². The molecule has 1 unspecified atom stereocenters. The quantitative estimate of drug-likeness (QED) is 0.503. The summed E-state index contributed by atoms with van der Waals surface area (Å²) in [6, 6.07) is 0. The minimum Gasteiger partial charge on any atom is -0.463 e. The number of carbonyl (C=O) groups excluding carboxylic acids is 2. The van der Waals surface area contributed by atoms with Crippen LogP contribution in [0.1, 0.15) is 13.8 Å². The molecule has 1 aliphatic heterocycles. The van der Waals surface area contributed by atoms with Crippen molar-refractivity contribution in [3.8, 4) is 0 Å². The van der Waals surface area contributed by atoms with Gasteiger partial charge in [0.2, 0.25) is 0 Å². The van der Waals surface area contributed by atoms with E-state index in [1.54, 1.807) is 12.2 Å². The van der Waals surface area contributed by atoms with Crippen LogP contribution in [0.25, 0.3) is 0 Å². The molecule has 0 aromatic rings. The Kier molecular flexibility index (Phi) is 4.30. The molecule has 15 heavy (non-hydrogen) atoms. The van der Waals surface area contributed by atoms with Crippen LogP contribution in [0.2, 0.25) is 0 Å². The summed E-state index contributed by atoms with van der Waals surface area (Å²) < 4.78 is 15.1. The van der Waals surface area contributed by atoms with Crippen LogP contribution >= 0.6 is 0 Å². The van der Waals surface area contributed by atoms with Crippen molar-refractivity contribution in [1.29, 1.82) is 0 Å². The van der Waals surface area contributed by atoms with E-state index >= 15 is 0 Å².